The molecule has 102 valence electrons. The number of hydrogen-bond donors (Lipinski definition) is 2. The molecule has 0 bridgehead atoms. The first-order valence-electron chi connectivity index (χ1n) is 5.64. The van der Waals surface area contributed by atoms with Gasteiger partial charge in [-0.15, -0.1) is 0 Å². The fourth-order valence-corrected chi connectivity index (χ4v) is 2.60. The lowest BCUT2D eigenvalue weighted by Gasteiger charge is -2.19. The number of rotatable bonds is 4. The van der Waals surface area contributed by atoms with Gasteiger partial charge >= 0.3 is 0 Å². The molecular formula is C12H19FN2O2S. The third kappa shape index (κ3) is 4.04. The van der Waals surface area contributed by atoms with Crippen molar-refractivity contribution < 1.29 is 12.8 Å². The molecule has 0 aliphatic carbocycles. The lowest BCUT2D eigenvalue weighted by molar-refractivity contribution is 0.407. The van der Waals surface area contributed by atoms with Gasteiger partial charge in [-0.1, -0.05) is 20.8 Å². The topological polar surface area (TPSA) is 72.2 Å². The molecule has 0 aromatic heterocycles. The zero-order valence-corrected chi connectivity index (χ0v) is 11.6. The summed E-state index contributed by atoms with van der Waals surface area (Å²) in [6.07, 6.45) is 0. The van der Waals surface area contributed by atoms with Gasteiger partial charge in [0.15, 0.2) is 0 Å². The SMILES string of the molecule is CC(C)(C)CNS(=O)(=O)c1ccc(F)c(CN)c1. The first kappa shape index (κ1) is 15.1. The van der Waals surface area contributed by atoms with E-state index in [4.69, 9.17) is 5.73 Å². The number of hydrogen-bond acceptors (Lipinski definition) is 3. The van der Waals surface area contributed by atoms with E-state index >= 15 is 0 Å². The molecule has 0 radical (unpaired) electrons. The number of nitrogens with two attached hydrogens (primary N) is 1. The van der Waals surface area contributed by atoms with Gasteiger partial charge in [0.2, 0.25) is 10.0 Å². The summed E-state index contributed by atoms with van der Waals surface area (Å²) in [5.74, 6) is -0.493. The van der Waals surface area contributed by atoms with E-state index in [0.29, 0.717) is 6.54 Å². The zero-order valence-electron chi connectivity index (χ0n) is 10.8. The molecule has 1 aromatic carbocycles. The van der Waals surface area contributed by atoms with E-state index in [0.717, 1.165) is 6.07 Å². The highest BCUT2D eigenvalue weighted by Crippen LogP contribution is 2.17. The van der Waals surface area contributed by atoms with E-state index in [1.54, 1.807) is 0 Å². The van der Waals surface area contributed by atoms with Gasteiger partial charge in [0, 0.05) is 18.7 Å². The molecule has 0 atom stereocenters. The monoisotopic (exact) mass is 274 g/mol. The van der Waals surface area contributed by atoms with E-state index < -0.39 is 15.8 Å². The van der Waals surface area contributed by atoms with Crippen LogP contribution in [0, 0.1) is 11.2 Å². The highest BCUT2D eigenvalue weighted by Gasteiger charge is 2.19. The third-order valence-electron chi connectivity index (χ3n) is 2.34. The average molecular weight is 274 g/mol. The van der Waals surface area contributed by atoms with Gasteiger partial charge in [-0.3, -0.25) is 0 Å². The number of sulfonamides is 1. The molecule has 3 N–H and O–H groups in total. The summed E-state index contributed by atoms with van der Waals surface area (Å²) in [7, 11) is -3.62. The van der Waals surface area contributed by atoms with E-state index in [-0.39, 0.29) is 22.4 Å². The Hall–Kier alpha value is -0.980. The Kier molecular flexibility index (Phi) is 4.47. The molecule has 0 saturated carbocycles. The van der Waals surface area contributed by atoms with E-state index in [9.17, 15) is 12.8 Å². The molecule has 0 aliphatic rings. The highest BCUT2D eigenvalue weighted by atomic mass is 32.2. The normalized spacial score (nSPS) is 12.7. The molecule has 0 unspecified atom stereocenters. The van der Waals surface area contributed by atoms with Crippen molar-refractivity contribution in [1.29, 1.82) is 0 Å². The third-order valence-corrected chi connectivity index (χ3v) is 3.74. The maximum Gasteiger partial charge on any atom is 0.240 e. The molecule has 18 heavy (non-hydrogen) atoms. The van der Waals surface area contributed by atoms with E-state index in [1.165, 1.54) is 12.1 Å². The molecule has 0 fully saturated rings. The first-order chi connectivity index (χ1) is 8.15. The van der Waals surface area contributed by atoms with Crippen molar-refractivity contribution in [3.63, 3.8) is 0 Å². The quantitative estimate of drug-likeness (QED) is 0.876. The Balaban J connectivity index is 2.99. The minimum Gasteiger partial charge on any atom is -0.326 e. The molecule has 1 aromatic rings. The number of nitrogens with one attached hydrogen (secondary N) is 1. The second-order valence-electron chi connectivity index (χ2n) is 5.34. The van der Waals surface area contributed by atoms with Gasteiger partial charge in [0.05, 0.1) is 4.90 Å². The Bertz CT molecular complexity index is 521. The van der Waals surface area contributed by atoms with Crippen LogP contribution in [0.25, 0.3) is 0 Å². The van der Waals surface area contributed by atoms with Crippen molar-refractivity contribution in [3.05, 3.63) is 29.6 Å². The predicted octanol–water partition coefficient (Wildman–Crippen LogP) is 1.61. The molecule has 6 heteroatoms. The summed E-state index contributed by atoms with van der Waals surface area (Å²) in [4.78, 5) is 0.0357. The molecule has 4 nitrogen and oxygen atoms in total. The fraction of sp³-hybridized carbons (Fsp3) is 0.500. The van der Waals surface area contributed by atoms with Gasteiger partial charge in [0.25, 0.3) is 0 Å². The summed E-state index contributed by atoms with van der Waals surface area (Å²) < 4.78 is 39.7. The molecule has 0 heterocycles. The molecule has 0 amide bonds. The van der Waals surface area contributed by atoms with E-state index in [1.807, 2.05) is 20.8 Å². The van der Waals surface area contributed by atoms with Crippen LogP contribution in [-0.2, 0) is 16.6 Å². The van der Waals surface area contributed by atoms with Crippen molar-refractivity contribution in [3.8, 4) is 0 Å². The van der Waals surface area contributed by atoms with E-state index in [2.05, 4.69) is 4.72 Å². The number of halogens is 1. The van der Waals surface area contributed by atoms with Gasteiger partial charge < -0.3 is 5.73 Å². The van der Waals surface area contributed by atoms with Crippen LogP contribution < -0.4 is 10.5 Å². The maximum atomic E-state index is 13.2. The highest BCUT2D eigenvalue weighted by molar-refractivity contribution is 7.89. The molecule has 0 spiro atoms. The Morgan fingerprint density at radius 3 is 2.44 bits per heavy atom. The Morgan fingerprint density at radius 1 is 1.33 bits per heavy atom. The summed E-state index contributed by atoms with van der Waals surface area (Å²) in [6, 6.07) is 3.62. The van der Waals surface area contributed by atoms with Crippen molar-refractivity contribution in [2.24, 2.45) is 11.1 Å². The molecule has 0 aliphatic heterocycles. The fourth-order valence-electron chi connectivity index (χ4n) is 1.27. The summed E-state index contributed by atoms with van der Waals surface area (Å²) in [6.45, 7) is 6.04. The minimum atomic E-state index is -3.62. The zero-order chi connectivity index (χ0) is 14.0. The van der Waals surface area contributed by atoms with Crippen LogP contribution in [0.15, 0.2) is 23.1 Å². The van der Waals surface area contributed by atoms with Gasteiger partial charge in [-0.25, -0.2) is 17.5 Å². The lowest BCUT2D eigenvalue weighted by atomic mass is 9.98. The van der Waals surface area contributed by atoms with Crippen LogP contribution in [0.2, 0.25) is 0 Å². The van der Waals surface area contributed by atoms with Crippen LogP contribution in [-0.4, -0.2) is 15.0 Å². The molecule has 1 rings (SSSR count). The minimum absolute atomic E-state index is 0.0333. The summed E-state index contributed by atoms with van der Waals surface area (Å²) in [5, 5.41) is 0. The Morgan fingerprint density at radius 2 is 1.94 bits per heavy atom. The average Bonchev–Trinajstić information content (AvgIpc) is 2.26. The van der Waals surface area contributed by atoms with Crippen molar-refractivity contribution in [1.82, 2.24) is 4.72 Å². The van der Waals surface area contributed by atoms with Crippen LogP contribution >= 0.6 is 0 Å². The van der Waals surface area contributed by atoms with Gasteiger partial charge in [-0.05, 0) is 23.6 Å². The van der Waals surface area contributed by atoms with Crippen molar-refractivity contribution in [2.45, 2.75) is 32.2 Å². The van der Waals surface area contributed by atoms with Crippen LogP contribution in [0.1, 0.15) is 26.3 Å². The van der Waals surface area contributed by atoms with Crippen LogP contribution in [0.5, 0.6) is 0 Å². The van der Waals surface area contributed by atoms with Crippen LogP contribution in [0.4, 0.5) is 4.39 Å². The Labute approximate surface area is 107 Å². The first-order valence-corrected chi connectivity index (χ1v) is 7.12. The second-order valence-corrected chi connectivity index (χ2v) is 7.11. The predicted molar refractivity (Wildman–Crippen MR) is 68.9 cm³/mol. The molecule has 0 saturated heterocycles. The smallest absolute Gasteiger partial charge is 0.240 e. The largest absolute Gasteiger partial charge is 0.326 e. The molecular weight excluding hydrogens is 255 g/mol. The second kappa shape index (κ2) is 5.34. The van der Waals surface area contributed by atoms with Gasteiger partial charge in [-0.2, -0.15) is 0 Å². The number of benzene rings is 1. The maximum absolute atomic E-state index is 13.2. The van der Waals surface area contributed by atoms with Crippen molar-refractivity contribution in [2.75, 3.05) is 6.54 Å². The van der Waals surface area contributed by atoms with Crippen molar-refractivity contribution >= 4 is 10.0 Å². The summed E-state index contributed by atoms with van der Waals surface area (Å²) >= 11 is 0. The lowest BCUT2D eigenvalue weighted by Crippen LogP contribution is -2.32. The van der Waals surface area contributed by atoms with Crippen LogP contribution in [0.3, 0.4) is 0 Å². The summed E-state index contributed by atoms with van der Waals surface area (Å²) in [5.41, 5.74) is 5.38. The van der Waals surface area contributed by atoms with Gasteiger partial charge in [0.1, 0.15) is 5.82 Å². The standard InChI is InChI=1S/C12H19FN2O2S/c1-12(2,3)8-15-18(16,17)10-4-5-11(13)9(6-10)7-14/h4-6,15H,7-8,14H2,1-3H3.